The lowest BCUT2D eigenvalue weighted by Gasteiger charge is -2.04. The van der Waals surface area contributed by atoms with E-state index in [0.29, 0.717) is 5.92 Å². The average molecular weight is 140 g/mol. The van der Waals surface area contributed by atoms with E-state index in [1.807, 2.05) is 13.0 Å². The fraction of sp³-hybridized carbons (Fsp3) is 0.667. The van der Waals surface area contributed by atoms with Gasteiger partial charge in [0.05, 0.1) is 0 Å². The Hall–Kier alpha value is -0.590. The van der Waals surface area contributed by atoms with Gasteiger partial charge in [-0.15, -0.1) is 0 Å². The highest BCUT2D eigenvalue weighted by molar-refractivity contribution is 5.72. The van der Waals surface area contributed by atoms with Gasteiger partial charge in [-0.2, -0.15) is 0 Å². The highest BCUT2D eigenvalue weighted by Crippen LogP contribution is 2.10. The minimum absolute atomic E-state index is 0.588. The number of rotatable bonds is 4. The summed E-state index contributed by atoms with van der Waals surface area (Å²) >= 11 is 0. The lowest BCUT2D eigenvalue weighted by Crippen LogP contribution is -1.92. The molecule has 0 spiro atoms. The molecule has 58 valence electrons. The summed E-state index contributed by atoms with van der Waals surface area (Å²) in [6.07, 6.45) is 5.22. The number of hydrogen-bond donors (Lipinski definition) is 0. The van der Waals surface area contributed by atoms with Crippen LogP contribution in [0.5, 0.6) is 0 Å². The van der Waals surface area contributed by atoms with E-state index in [-0.39, 0.29) is 0 Å². The molecule has 0 saturated heterocycles. The molecular weight excluding hydrogens is 124 g/mol. The lowest BCUT2D eigenvalue weighted by molar-refractivity contribution is -0.104. The topological polar surface area (TPSA) is 17.1 Å². The molecule has 0 amide bonds. The van der Waals surface area contributed by atoms with Crippen molar-refractivity contribution in [3.05, 3.63) is 11.6 Å². The predicted molar refractivity (Wildman–Crippen MR) is 43.9 cm³/mol. The maximum absolute atomic E-state index is 10.2. The van der Waals surface area contributed by atoms with Crippen LogP contribution in [-0.4, -0.2) is 6.29 Å². The van der Waals surface area contributed by atoms with Crippen LogP contribution in [0.3, 0.4) is 0 Å². The van der Waals surface area contributed by atoms with Crippen molar-refractivity contribution in [3.63, 3.8) is 0 Å². The maximum Gasteiger partial charge on any atom is 0.145 e. The molecule has 0 atom stereocenters. The van der Waals surface area contributed by atoms with Crippen molar-refractivity contribution in [2.24, 2.45) is 5.92 Å². The van der Waals surface area contributed by atoms with Gasteiger partial charge in [0.1, 0.15) is 6.29 Å². The van der Waals surface area contributed by atoms with Crippen molar-refractivity contribution in [2.75, 3.05) is 0 Å². The zero-order valence-electron chi connectivity index (χ0n) is 7.05. The van der Waals surface area contributed by atoms with E-state index >= 15 is 0 Å². The molecule has 1 heteroatoms. The Balaban J connectivity index is 3.92. The second kappa shape index (κ2) is 5.21. The van der Waals surface area contributed by atoms with Crippen LogP contribution in [0.15, 0.2) is 11.6 Å². The van der Waals surface area contributed by atoms with Crippen LogP contribution in [0.2, 0.25) is 0 Å². The molecule has 0 saturated carbocycles. The monoisotopic (exact) mass is 140 g/mol. The van der Waals surface area contributed by atoms with Gasteiger partial charge >= 0.3 is 0 Å². The highest BCUT2D eigenvalue weighted by Gasteiger charge is 1.97. The fourth-order valence-electron chi connectivity index (χ4n) is 0.935. The first kappa shape index (κ1) is 9.41. The third-order valence-electron chi connectivity index (χ3n) is 1.73. The van der Waals surface area contributed by atoms with E-state index in [4.69, 9.17) is 0 Å². The molecule has 0 N–H and O–H groups in total. The molecule has 0 bridgehead atoms. The Bertz CT molecular complexity index is 121. The summed E-state index contributed by atoms with van der Waals surface area (Å²) in [7, 11) is 0. The molecule has 0 aromatic carbocycles. The van der Waals surface area contributed by atoms with Crippen molar-refractivity contribution in [3.8, 4) is 0 Å². The van der Waals surface area contributed by atoms with E-state index in [9.17, 15) is 4.79 Å². The van der Waals surface area contributed by atoms with E-state index in [1.54, 1.807) is 0 Å². The van der Waals surface area contributed by atoms with Crippen molar-refractivity contribution in [1.29, 1.82) is 0 Å². The number of aldehydes is 1. The second-order valence-corrected chi connectivity index (χ2v) is 2.61. The SMILES string of the molecule is CCC(C=C(C)C=O)CC. The molecule has 0 aliphatic carbocycles. The fourth-order valence-corrected chi connectivity index (χ4v) is 0.935. The van der Waals surface area contributed by atoms with Gasteiger partial charge in [0, 0.05) is 0 Å². The Morgan fingerprint density at radius 3 is 2.20 bits per heavy atom. The summed E-state index contributed by atoms with van der Waals surface area (Å²) in [6, 6.07) is 0. The first-order chi connectivity index (χ1) is 4.74. The number of carbonyl (C=O) groups is 1. The van der Waals surface area contributed by atoms with E-state index < -0.39 is 0 Å². The number of carbonyl (C=O) groups excluding carboxylic acids is 1. The molecule has 0 unspecified atom stereocenters. The molecule has 0 aromatic heterocycles. The summed E-state index contributed by atoms with van der Waals surface area (Å²) < 4.78 is 0. The normalized spacial score (nSPS) is 12.2. The van der Waals surface area contributed by atoms with Crippen molar-refractivity contribution in [2.45, 2.75) is 33.6 Å². The first-order valence-electron chi connectivity index (χ1n) is 3.88. The molecule has 0 heterocycles. The molecule has 0 aliphatic rings. The highest BCUT2D eigenvalue weighted by atomic mass is 16.1. The van der Waals surface area contributed by atoms with Gasteiger partial charge in [-0.05, 0) is 31.3 Å². The van der Waals surface area contributed by atoms with Gasteiger partial charge in [0.15, 0.2) is 0 Å². The number of allylic oxidation sites excluding steroid dienone is 2. The van der Waals surface area contributed by atoms with Crippen LogP contribution in [0.1, 0.15) is 33.6 Å². The van der Waals surface area contributed by atoms with Crippen molar-refractivity contribution >= 4 is 6.29 Å². The third kappa shape index (κ3) is 3.44. The predicted octanol–water partition coefficient (Wildman–Crippen LogP) is 2.57. The molecule has 10 heavy (non-hydrogen) atoms. The smallest absolute Gasteiger partial charge is 0.145 e. The Kier molecular flexibility index (Phi) is 4.91. The Labute approximate surface area is 63.1 Å². The van der Waals surface area contributed by atoms with Gasteiger partial charge < -0.3 is 0 Å². The molecule has 1 nitrogen and oxygen atoms in total. The Morgan fingerprint density at radius 1 is 1.40 bits per heavy atom. The van der Waals surface area contributed by atoms with E-state index in [2.05, 4.69) is 13.8 Å². The van der Waals surface area contributed by atoms with Crippen LogP contribution in [0, 0.1) is 5.92 Å². The van der Waals surface area contributed by atoms with Crippen LogP contribution >= 0.6 is 0 Å². The zero-order valence-corrected chi connectivity index (χ0v) is 7.05. The molecular formula is C9H16O. The first-order valence-corrected chi connectivity index (χ1v) is 3.88. The van der Waals surface area contributed by atoms with Gasteiger partial charge in [0.2, 0.25) is 0 Å². The van der Waals surface area contributed by atoms with E-state index in [1.165, 1.54) is 0 Å². The zero-order chi connectivity index (χ0) is 7.98. The molecule has 0 radical (unpaired) electrons. The summed E-state index contributed by atoms with van der Waals surface area (Å²) in [5, 5.41) is 0. The second-order valence-electron chi connectivity index (χ2n) is 2.61. The minimum atomic E-state index is 0.588. The number of hydrogen-bond acceptors (Lipinski definition) is 1. The van der Waals surface area contributed by atoms with Crippen LogP contribution in [0.25, 0.3) is 0 Å². The largest absolute Gasteiger partial charge is 0.298 e. The minimum Gasteiger partial charge on any atom is -0.298 e. The third-order valence-corrected chi connectivity index (χ3v) is 1.73. The van der Waals surface area contributed by atoms with Gasteiger partial charge in [0.25, 0.3) is 0 Å². The summed E-state index contributed by atoms with van der Waals surface area (Å²) in [4.78, 5) is 10.2. The van der Waals surface area contributed by atoms with E-state index in [0.717, 1.165) is 24.7 Å². The van der Waals surface area contributed by atoms with Gasteiger partial charge in [-0.1, -0.05) is 19.9 Å². The summed E-state index contributed by atoms with van der Waals surface area (Å²) in [6.45, 7) is 6.14. The van der Waals surface area contributed by atoms with Crippen LogP contribution in [0.4, 0.5) is 0 Å². The van der Waals surface area contributed by atoms with Crippen LogP contribution < -0.4 is 0 Å². The lowest BCUT2D eigenvalue weighted by atomic mass is 10.0. The Morgan fingerprint density at radius 2 is 1.90 bits per heavy atom. The quantitative estimate of drug-likeness (QED) is 0.433. The van der Waals surface area contributed by atoms with Gasteiger partial charge in [-0.3, -0.25) is 4.79 Å². The van der Waals surface area contributed by atoms with Crippen LogP contribution in [-0.2, 0) is 4.79 Å². The summed E-state index contributed by atoms with van der Waals surface area (Å²) in [5.41, 5.74) is 0.855. The molecule has 0 aliphatic heterocycles. The van der Waals surface area contributed by atoms with Crippen molar-refractivity contribution < 1.29 is 4.79 Å². The van der Waals surface area contributed by atoms with Crippen molar-refractivity contribution in [1.82, 2.24) is 0 Å². The maximum atomic E-state index is 10.2. The van der Waals surface area contributed by atoms with Gasteiger partial charge in [-0.25, -0.2) is 0 Å². The molecule has 0 rings (SSSR count). The standard InChI is InChI=1S/C9H16O/c1-4-9(5-2)6-8(3)7-10/h6-7,9H,4-5H2,1-3H3. The molecule has 0 fully saturated rings. The average Bonchev–Trinajstić information content (AvgIpc) is 1.99. The summed E-state index contributed by atoms with van der Waals surface area (Å²) in [5.74, 6) is 0.588. The molecule has 0 aromatic rings.